The van der Waals surface area contributed by atoms with Crippen LogP contribution in [-0.4, -0.2) is 55.9 Å². The third-order valence-corrected chi connectivity index (χ3v) is 5.01. The number of rotatable bonds is 3. The number of benzene rings is 1. The van der Waals surface area contributed by atoms with Crippen LogP contribution in [0.3, 0.4) is 0 Å². The number of nitrogens with one attached hydrogen (secondary N) is 2. The second kappa shape index (κ2) is 8.00. The number of hydrogen-bond donors (Lipinski definition) is 2. The number of anilines is 2. The van der Waals surface area contributed by atoms with Gasteiger partial charge in [0.25, 0.3) is 5.91 Å². The van der Waals surface area contributed by atoms with Gasteiger partial charge in [0.05, 0.1) is 11.3 Å². The van der Waals surface area contributed by atoms with E-state index in [-0.39, 0.29) is 27.2 Å². The lowest BCUT2D eigenvalue weighted by atomic mass is 10.0. The van der Waals surface area contributed by atoms with Crippen molar-refractivity contribution in [2.45, 2.75) is 19.8 Å². The van der Waals surface area contributed by atoms with Crippen molar-refractivity contribution >= 4 is 45.3 Å². The van der Waals surface area contributed by atoms with Gasteiger partial charge < -0.3 is 10.2 Å². The van der Waals surface area contributed by atoms with E-state index in [0.29, 0.717) is 13.1 Å². The Morgan fingerprint density at radius 3 is 2.50 bits per heavy atom. The Bertz CT molecular complexity index is 956. The predicted molar refractivity (Wildman–Crippen MR) is 100 cm³/mol. The molecular weight excluding hydrogens is 437 g/mol. The lowest BCUT2D eigenvalue weighted by Gasteiger charge is -2.18. The second-order valence-corrected chi connectivity index (χ2v) is 7.10. The van der Waals surface area contributed by atoms with Gasteiger partial charge in [0, 0.05) is 24.6 Å². The molecule has 148 valence electrons. The third kappa shape index (κ3) is 3.86. The van der Waals surface area contributed by atoms with Gasteiger partial charge in [0.2, 0.25) is 5.95 Å². The Morgan fingerprint density at radius 1 is 1.21 bits per heavy atom. The van der Waals surface area contributed by atoms with Gasteiger partial charge in [0.1, 0.15) is 5.82 Å². The van der Waals surface area contributed by atoms with Crippen LogP contribution < -0.4 is 10.6 Å². The second-order valence-electron chi connectivity index (χ2n) is 6.25. The fraction of sp³-hybridized carbons (Fsp3) is 0.375. The molecule has 1 aliphatic heterocycles. The van der Waals surface area contributed by atoms with Crippen LogP contribution in [0.1, 0.15) is 28.8 Å². The zero-order valence-corrected chi connectivity index (χ0v) is 16.7. The summed E-state index contributed by atoms with van der Waals surface area (Å²) in [6, 6.07) is 1.05. The first-order valence-electron chi connectivity index (χ1n) is 8.42. The van der Waals surface area contributed by atoms with Gasteiger partial charge >= 0.3 is 11.8 Å². The van der Waals surface area contributed by atoms with Crippen molar-refractivity contribution in [2.75, 3.05) is 23.7 Å². The summed E-state index contributed by atoms with van der Waals surface area (Å²) in [6.45, 7) is 2.51. The molecule has 1 fully saturated rings. The normalized spacial score (nSPS) is 13.5. The van der Waals surface area contributed by atoms with E-state index in [4.69, 9.17) is 0 Å². The van der Waals surface area contributed by atoms with Crippen molar-refractivity contribution < 1.29 is 18.8 Å². The maximum absolute atomic E-state index is 14.5. The van der Waals surface area contributed by atoms with Crippen LogP contribution in [0.4, 0.5) is 16.0 Å². The lowest BCUT2D eigenvalue weighted by Crippen LogP contribution is -2.38. The highest BCUT2D eigenvalue weighted by atomic mass is 79.9. The predicted octanol–water partition coefficient (Wildman–Crippen LogP) is 1.23. The van der Waals surface area contributed by atoms with E-state index >= 15 is 0 Å². The number of aryl methyl sites for hydroxylation is 1. The first kappa shape index (κ1) is 19.9. The highest BCUT2D eigenvalue weighted by Gasteiger charge is 2.27. The number of likely N-dealkylation sites (tertiary alicyclic amines) is 1. The molecule has 2 heterocycles. The van der Waals surface area contributed by atoms with Crippen LogP contribution in [-0.2, 0) is 16.6 Å². The zero-order valence-electron chi connectivity index (χ0n) is 15.1. The molecule has 1 aromatic heterocycles. The van der Waals surface area contributed by atoms with E-state index in [1.165, 1.54) is 23.6 Å². The number of aromatic nitrogens is 4. The molecule has 0 aliphatic carbocycles. The van der Waals surface area contributed by atoms with E-state index in [0.717, 1.165) is 18.9 Å². The smallest absolute Gasteiger partial charge is 0.313 e. The topological polar surface area (TPSA) is 122 Å². The molecule has 1 aliphatic rings. The summed E-state index contributed by atoms with van der Waals surface area (Å²) in [5.41, 5.74) is -0.00242. The van der Waals surface area contributed by atoms with Crippen LogP contribution in [0.15, 0.2) is 10.5 Å². The minimum Gasteiger partial charge on any atom is -0.334 e. The van der Waals surface area contributed by atoms with Crippen molar-refractivity contribution in [1.29, 1.82) is 0 Å². The first-order valence-corrected chi connectivity index (χ1v) is 9.21. The molecule has 0 bridgehead atoms. The molecule has 1 saturated heterocycles. The molecule has 2 N–H and O–H groups in total. The molecule has 0 radical (unpaired) electrons. The summed E-state index contributed by atoms with van der Waals surface area (Å²) in [5.74, 6) is -3.07. The van der Waals surface area contributed by atoms with Crippen molar-refractivity contribution in [3.05, 3.63) is 27.5 Å². The summed E-state index contributed by atoms with van der Waals surface area (Å²) in [6.07, 6.45) is 1.69. The Morgan fingerprint density at radius 2 is 1.89 bits per heavy atom. The van der Waals surface area contributed by atoms with Crippen molar-refractivity contribution in [3.8, 4) is 0 Å². The minimum atomic E-state index is -0.846. The molecule has 0 unspecified atom stereocenters. The maximum atomic E-state index is 14.5. The first-order chi connectivity index (χ1) is 13.3. The minimum absolute atomic E-state index is 0.0292. The number of nitrogens with zero attached hydrogens (tertiary/aromatic N) is 5. The molecule has 12 heteroatoms. The third-order valence-electron chi connectivity index (χ3n) is 4.38. The van der Waals surface area contributed by atoms with E-state index < -0.39 is 23.5 Å². The van der Waals surface area contributed by atoms with Crippen molar-refractivity contribution in [1.82, 2.24) is 25.1 Å². The highest BCUT2D eigenvalue weighted by molar-refractivity contribution is 9.10. The average molecular weight is 454 g/mol. The number of amides is 3. The van der Waals surface area contributed by atoms with E-state index in [9.17, 15) is 18.8 Å². The molecule has 3 rings (SSSR count). The monoisotopic (exact) mass is 453 g/mol. The summed E-state index contributed by atoms with van der Waals surface area (Å²) < 4.78 is 15.9. The Hall–Kier alpha value is -2.89. The van der Waals surface area contributed by atoms with Crippen LogP contribution in [0, 0.1) is 12.7 Å². The lowest BCUT2D eigenvalue weighted by molar-refractivity contribution is -0.142. The number of tetrazole rings is 1. The fourth-order valence-electron chi connectivity index (χ4n) is 2.90. The quantitative estimate of drug-likeness (QED) is 0.673. The number of hydrogen-bond acceptors (Lipinski definition) is 6. The number of carbonyl (C=O) groups excluding carboxylic acids is 3. The van der Waals surface area contributed by atoms with Crippen LogP contribution in [0.25, 0.3) is 0 Å². The van der Waals surface area contributed by atoms with Gasteiger partial charge in [0.15, 0.2) is 0 Å². The molecule has 2 aromatic rings. The van der Waals surface area contributed by atoms with Gasteiger partial charge in [-0.15, -0.1) is 0 Å². The van der Waals surface area contributed by atoms with Crippen LogP contribution in [0.5, 0.6) is 0 Å². The fourth-order valence-corrected chi connectivity index (χ4v) is 3.50. The summed E-state index contributed by atoms with van der Waals surface area (Å²) in [7, 11) is 1.51. The van der Waals surface area contributed by atoms with Gasteiger partial charge in [-0.3, -0.25) is 19.7 Å². The van der Waals surface area contributed by atoms with Crippen LogP contribution in [0.2, 0.25) is 0 Å². The molecule has 0 saturated carbocycles. The molecule has 10 nitrogen and oxygen atoms in total. The van der Waals surface area contributed by atoms with E-state index in [2.05, 4.69) is 42.1 Å². The molecular formula is C16H17BrFN7O3. The Balaban J connectivity index is 1.87. The summed E-state index contributed by atoms with van der Waals surface area (Å²) in [4.78, 5) is 38.5. The SMILES string of the molecule is Cc1c(NC(=O)C(=O)N2CCCC2)c(Br)cc(F)c1C(=O)Nc1nnnn1C. The molecule has 0 spiro atoms. The van der Waals surface area contributed by atoms with E-state index in [1.54, 1.807) is 0 Å². The van der Waals surface area contributed by atoms with Gasteiger partial charge in [-0.05, 0) is 57.8 Å². The highest BCUT2D eigenvalue weighted by Crippen LogP contribution is 2.31. The number of halogens is 2. The average Bonchev–Trinajstić information content (AvgIpc) is 3.30. The Kier molecular flexibility index (Phi) is 5.68. The Labute approximate surface area is 167 Å². The molecule has 28 heavy (non-hydrogen) atoms. The van der Waals surface area contributed by atoms with E-state index in [1.807, 2.05) is 0 Å². The summed E-state index contributed by atoms with van der Waals surface area (Å²) in [5, 5.41) is 15.5. The molecule has 1 aromatic carbocycles. The standard InChI is InChI=1S/C16H17BrFN7O3/c1-8-11(13(26)20-16-21-22-23-24(16)2)10(18)7-9(17)12(8)19-14(27)15(28)25-5-3-4-6-25/h7H,3-6H2,1-2H3,(H,19,27)(H,20,21,23,26). The zero-order chi connectivity index (χ0) is 20.4. The van der Waals surface area contributed by atoms with Crippen molar-refractivity contribution in [2.24, 2.45) is 7.05 Å². The van der Waals surface area contributed by atoms with Gasteiger partial charge in [-0.1, -0.05) is 5.10 Å². The maximum Gasteiger partial charge on any atom is 0.313 e. The van der Waals surface area contributed by atoms with Crippen LogP contribution >= 0.6 is 15.9 Å². The number of carbonyl (C=O) groups is 3. The summed E-state index contributed by atoms with van der Waals surface area (Å²) >= 11 is 3.17. The molecule has 0 atom stereocenters. The van der Waals surface area contributed by atoms with Crippen molar-refractivity contribution in [3.63, 3.8) is 0 Å². The van der Waals surface area contributed by atoms with Gasteiger partial charge in [-0.2, -0.15) is 0 Å². The van der Waals surface area contributed by atoms with Gasteiger partial charge in [-0.25, -0.2) is 9.07 Å². The molecule has 3 amide bonds. The largest absolute Gasteiger partial charge is 0.334 e.